The highest BCUT2D eigenvalue weighted by Crippen LogP contribution is 2.32. The third-order valence-electron chi connectivity index (χ3n) is 3.04. The van der Waals surface area contributed by atoms with Crippen molar-refractivity contribution < 1.29 is 9.47 Å². The van der Waals surface area contributed by atoms with E-state index in [2.05, 4.69) is 20.9 Å². The third-order valence-corrected chi connectivity index (χ3v) is 3.66. The maximum Gasteiger partial charge on any atom is 0.219 e. The van der Waals surface area contributed by atoms with Gasteiger partial charge in [0.2, 0.25) is 5.88 Å². The van der Waals surface area contributed by atoms with Crippen LogP contribution in [0.25, 0.3) is 10.9 Å². The molecule has 0 fully saturated rings. The number of hydrogen-bond acceptors (Lipinski definition) is 4. The molecular weight excluding hydrogens is 332 g/mol. The Morgan fingerprint density at radius 2 is 1.90 bits per heavy atom. The van der Waals surface area contributed by atoms with Crippen molar-refractivity contribution in [1.29, 1.82) is 0 Å². The number of nitrogens with two attached hydrogens (primary N) is 1. The lowest BCUT2D eigenvalue weighted by molar-refractivity contribution is 0.411. The summed E-state index contributed by atoms with van der Waals surface area (Å²) in [5.41, 5.74) is 7.31. The minimum atomic E-state index is 0.526. The van der Waals surface area contributed by atoms with Crippen LogP contribution in [0.2, 0.25) is 0 Å². The fourth-order valence-electron chi connectivity index (χ4n) is 1.99. The molecule has 2 aromatic carbocycles. The second-order valence-corrected chi connectivity index (χ2v) is 5.35. The first kappa shape index (κ1) is 13.7. The van der Waals surface area contributed by atoms with Crippen LogP contribution in [0.5, 0.6) is 17.4 Å². The number of pyridine rings is 1. The molecule has 0 atom stereocenters. The van der Waals surface area contributed by atoms with E-state index in [1.807, 2.05) is 48.5 Å². The summed E-state index contributed by atoms with van der Waals surface area (Å²) >= 11 is 3.46. The third kappa shape index (κ3) is 2.92. The van der Waals surface area contributed by atoms with Gasteiger partial charge in [0.1, 0.15) is 11.5 Å². The van der Waals surface area contributed by atoms with Gasteiger partial charge in [-0.3, -0.25) is 0 Å². The minimum Gasteiger partial charge on any atom is -0.497 e. The molecule has 0 aliphatic carbocycles. The van der Waals surface area contributed by atoms with Crippen molar-refractivity contribution in [2.75, 3.05) is 12.8 Å². The normalized spacial score (nSPS) is 10.6. The Bertz CT molecular complexity index is 805. The lowest BCUT2D eigenvalue weighted by atomic mass is 10.2. The Labute approximate surface area is 130 Å². The van der Waals surface area contributed by atoms with Crippen molar-refractivity contribution in [2.45, 2.75) is 0 Å². The zero-order valence-corrected chi connectivity index (χ0v) is 12.9. The van der Waals surface area contributed by atoms with Gasteiger partial charge in [0.15, 0.2) is 0 Å². The number of hydrogen-bond donors (Lipinski definition) is 1. The number of methoxy groups -OCH3 is 1. The number of nitrogen functional groups attached to an aromatic ring is 1. The maximum atomic E-state index is 5.80. The first-order valence-electron chi connectivity index (χ1n) is 6.33. The lowest BCUT2D eigenvalue weighted by Crippen LogP contribution is -1.91. The smallest absolute Gasteiger partial charge is 0.219 e. The molecule has 1 heterocycles. The zero-order chi connectivity index (χ0) is 14.8. The Morgan fingerprint density at radius 1 is 1.05 bits per heavy atom. The number of halogens is 1. The molecule has 0 saturated carbocycles. The molecule has 5 heteroatoms. The summed E-state index contributed by atoms with van der Waals surface area (Å²) in [5, 5.41) is 0.983. The van der Waals surface area contributed by atoms with E-state index in [9.17, 15) is 0 Å². The second-order valence-electron chi connectivity index (χ2n) is 4.50. The Kier molecular flexibility index (Phi) is 3.66. The molecule has 4 nitrogen and oxygen atoms in total. The predicted octanol–water partition coefficient (Wildman–Crippen LogP) is 4.38. The second kappa shape index (κ2) is 5.61. The van der Waals surface area contributed by atoms with E-state index >= 15 is 0 Å². The SMILES string of the molecule is COc1ccc(Oc2ccc3cc(N)ccc3n2)c(Br)c1. The molecule has 0 unspecified atom stereocenters. The number of fused-ring (bicyclic) bond motifs is 1. The highest BCUT2D eigenvalue weighted by molar-refractivity contribution is 9.10. The van der Waals surface area contributed by atoms with Crippen molar-refractivity contribution in [3.05, 3.63) is 53.0 Å². The predicted molar refractivity (Wildman–Crippen MR) is 86.9 cm³/mol. The molecule has 0 aliphatic rings. The summed E-state index contributed by atoms with van der Waals surface area (Å²) in [6, 6.07) is 14.8. The number of rotatable bonds is 3. The molecule has 0 amide bonds. The largest absolute Gasteiger partial charge is 0.497 e. The van der Waals surface area contributed by atoms with E-state index in [-0.39, 0.29) is 0 Å². The quantitative estimate of drug-likeness (QED) is 0.716. The standard InChI is InChI=1S/C16H13BrN2O2/c1-20-12-4-6-15(13(17)9-12)21-16-7-2-10-8-11(18)3-5-14(10)19-16/h2-9H,18H2,1H3. The molecule has 106 valence electrons. The molecule has 0 radical (unpaired) electrons. The summed E-state index contributed by atoms with van der Waals surface area (Å²) in [6.45, 7) is 0. The zero-order valence-electron chi connectivity index (χ0n) is 11.3. The van der Waals surface area contributed by atoms with Gasteiger partial charge >= 0.3 is 0 Å². The van der Waals surface area contributed by atoms with E-state index in [4.69, 9.17) is 15.2 Å². The van der Waals surface area contributed by atoms with E-state index < -0.39 is 0 Å². The van der Waals surface area contributed by atoms with Crippen molar-refractivity contribution in [2.24, 2.45) is 0 Å². The summed E-state index contributed by atoms with van der Waals surface area (Å²) in [6.07, 6.45) is 0. The first-order chi connectivity index (χ1) is 10.2. The van der Waals surface area contributed by atoms with Crippen molar-refractivity contribution in [1.82, 2.24) is 4.98 Å². The van der Waals surface area contributed by atoms with Crippen LogP contribution in [0.4, 0.5) is 5.69 Å². The van der Waals surface area contributed by atoms with Crippen molar-refractivity contribution in [3.8, 4) is 17.4 Å². The van der Waals surface area contributed by atoms with Crippen LogP contribution >= 0.6 is 15.9 Å². The monoisotopic (exact) mass is 344 g/mol. The van der Waals surface area contributed by atoms with Gasteiger partial charge in [-0.1, -0.05) is 0 Å². The summed E-state index contributed by atoms with van der Waals surface area (Å²) in [5.74, 6) is 1.97. The molecule has 3 rings (SSSR count). The molecule has 3 aromatic rings. The summed E-state index contributed by atoms with van der Waals surface area (Å²) in [7, 11) is 1.62. The molecule has 0 bridgehead atoms. The maximum absolute atomic E-state index is 5.80. The minimum absolute atomic E-state index is 0.526. The van der Waals surface area contributed by atoms with Crippen LogP contribution in [0, 0.1) is 0 Å². The van der Waals surface area contributed by atoms with Crippen molar-refractivity contribution in [3.63, 3.8) is 0 Å². The van der Waals surface area contributed by atoms with Gasteiger partial charge in [-0.25, -0.2) is 4.98 Å². The number of benzene rings is 2. The molecule has 0 spiro atoms. The van der Waals surface area contributed by atoms with E-state index in [0.29, 0.717) is 11.6 Å². The first-order valence-corrected chi connectivity index (χ1v) is 7.13. The highest BCUT2D eigenvalue weighted by atomic mass is 79.9. The van der Waals surface area contributed by atoms with Gasteiger partial charge in [0.25, 0.3) is 0 Å². The van der Waals surface area contributed by atoms with Gasteiger partial charge in [0, 0.05) is 17.1 Å². The Morgan fingerprint density at radius 3 is 2.67 bits per heavy atom. The van der Waals surface area contributed by atoms with Gasteiger partial charge < -0.3 is 15.2 Å². The molecular formula is C16H13BrN2O2. The van der Waals surface area contributed by atoms with Crippen LogP contribution in [0.1, 0.15) is 0 Å². The lowest BCUT2D eigenvalue weighted by Gasteiger charge is -2.09. The van der Waals surface area contributed by atoms with E-state index in [0.717, 1.165) is 26.8 Å². The van der Waals surface area contributed by atoms with Crippen molar-refractivity contribution >= 4 is 32.5 Å². The molecule has 0 saturated heterocycles. The van der Waals surface area contributed by atoms with Crippen LogP contribution in [0.3, 0.4) is 0 Å². The van der Waals surface area contributed by atoms with Crippen LogP contribution in [-0.2, 0) is 0 Å². The van der Waals surface area contributed by atoms with Gasteiger partial charge in [-0.05, 0) is 58.4 Å². The molecule has 2 N–H and O–H groups in total. The van der Waals surface area contributed by atoms with E-state index in [1.54, 1.807) is 7.11 Å². The summed E-state index contributed by atoms with van der Waals surface area (Å²) in [4.78, 5) is 4.47. The molecule has 1 aromatic heterocycles. The fraction of sp³-hybridized carbons (Fsp3) is 0.0625. The highest BCUT2D eigenvalue weighted by Gasteiger charge is 2.06. The number of aromatic nitrogens is 1. The topological polar surface area (TPSA) is 57.4 Å². The van der Waals surface area contributed by atoms with Gasteiger partial charge in [-0.15, -0.1) is 0 Å². The van der Waals surface area contributed by atoms with Crippen LogP contribution in [0.15, 0.2) is 53.0 Å². The van der Waals surface area contributed by atoms with Crippen LogP contribution < -0.4 is 15.2 Å². The van der Waals surface area contributed by atoms with Gasteiger partial charge in [-0.2, -0.15) is 0 Å². The number of nitrogens with zero attached hydrogens (tertiary/aromatic N) is 1. The Hall–Kier alpha value is -2.27. The number of anilines is 1. The number of ether oxygens (including phenoxy) is 2. The summed E-state index contributed by atoms with van der Waals surface area (Å²) < 4.78 is 11.8. The van der Waals surface area contributed by atoms with Gasteiger partial charge in [0.05, 0.1) is 17.1 Å². The molecule has 21 heavy (non-hydrogen) atoms. The average molecular weight is 345 g/mol. The average Bonchev–Trinajstić information content (AvgIpc) is 2.49. The molecule has 0 aliphatic heterocycles. The van der Waals surface area contributed by atoms with E-state index in [1.165, 1.54) is 0 Å². The fourth-order valence-corrected chi connectivity index (χ4v) is 2.42. The van der Waals surface area contributed by atoms with Crippen LogP contribution in [-0.4, -0.2) is 12.1 Å². The Balaban J connectivity index is 1.92.